The molecule has 0 atom stereocenters. The van der Waals surface area contributed by atoms with E-state index in [1.807, 2.05) is 0 Å². The molecule has 18 heavy (non-hydrogen) atoms. The van der Waals surface area contributed by atoms with Crippen LogP contribution < -0.4 is 0 Å². The minimum atomic E-state index is -1.21. The molecule has 1 aliphatic heterocycles. The average molecular weight is 255 g/mol. The molecule has 0 amide bonds. The molecule has 1 N–H and O–H groups in total. The third-order valence-electron chi connectivity index (χ3n) is 4.15. The van der Waals surface area contributed by atoms with E-state index in [4.69, 9.17) is 4.74 Å². The zero-order valence-electron chi connectivity index (χ0n) is 11.2. The molecule has 2 rings (SSSR count). The topological polar surface area (TPSA) is 49.8 Å². The lowest BCUT2D eigenvalue weighted by Gasteiger charge is -2.24. The van der Waals surface area contributed by atoms with Gasteiger partial charge in [-0.05, 0) is 51.6 Å². The molecule has 1 aliphatic carbocycles. The molecule has 1 saturated carbocycles. The minimum Gasteiger partial charge on any atom is -0.462 e. The van der Waals surface area contributed by atoms with Crippen LogP contribution in [0, 0.1) is 0 Å². The molecule has 0 aromatic carbocycles. The van der Waals surface area contributed by atoms with Crippen molar-refractivity contribution in [3.05, 3.63) is 0 Å². The van der Waals surface area contributed by atoms with Gasteiger partial charge in [0.15, 0.2) is 5.60 Å². The van der Waals surface area contributed by atoms with E-state index in [9.17, 15) is 9.90 Å². The molecule has 4 nitrogen and oxygen atoms in total. The van der Waals surface area contributed by atoms with E-state index in [-0.39, 0.29) is 0 Å². The van der Waals surface area contributed by atoms with Gasteiger partial charge in [0.05, 0.1) is 0 Å². The summed E-state index contributed by atoms with van der Waals surface area (Å²) < 4.78 is 5.27. The lowest BCUT2D eigenvalue weighted by atomic mass is 9.95. The highest BCUT2D eigenvalue weighted by atomic mass is 16.5. The van der Waals surface area contributed by atoms with Crippen molar-refractivity contribution in [2.45, 2.75) is 57.0 Å². The fourth-order valence-corrected chi connectivity index (χ4v) is 2.93. The molecule has 1 saturated heterocycles. The zero-order valence-corrected chi connectivity index (χ0v) is 11.2. The number of carbonyl (C=O) groups is 1. The number of carbonyl (C=O) groups excluding carboxylic acids is 1. The SMILES string of the molecule is O=C(OCCN1CCCC1)C1(O)CCCCCC1. The van der Waals surface area contributed by atoms with E-state index in [0.29, 0.717) is 19.4 Å². The molecule has 0 radical (unpaired) electrons. The van der Waals surface area contributed by atoms with Crippen molar-refractivity contribution < 1.29 is 14.6 Å². The first kappa shape index (κ1) is 13.8. The second kappa shape index (κ2) is 6.53. The van der Waals surface area contributed by atoms with E-state index in [1.54, 1.807) is 0 Å². The Bertz CT molecular complexity index is 266. The number of esters is 1. The van der Waals surface area contributed by atoms with Crippen molar-refractivity contribution in [2.24, 2.45) is 0 Å². The largest absolute Gasteiger partial charge is 0.462 e. The van der Waals surface area contributed by atoms with Gasteiger partial charge in [0.25, 0.3) is 0 Å². The Labute approximate surface area is 109 Å². The van der Waals surface area contributed by atoms with E-state index in [0.717, 1.165) is 45.3 Å². The van der Waals surface area contributed by atoms with Crippen LogP contribution in [0.15, 0.2) is 0 Å². The molecule has 0 unspecified atom stereocenters. The number of ether oxygens (including phenoxy) is 1. The molecule has 0 spiro atoms. The Kier molecular flexibility index (Phi) is 5.01. The highest BCUT2D eigenvalue weighted by Crippen LogP contribution is 2.28. The predicted molar refractivity (Wildman–Crippen MR) is 69.3 cm³/mol. The van der Waals surface area contributed by atoms with Crippen LogP contribution in [0.25, 0.3) is 0 Å². The summed E-state index contributed by atoms with van der Waals surface area (Å²) in [6, 6.07) is 0. The van der Waals surface area contributed by atoms with Gasteiger partial charge >= 0.3 is 5.97 Å². The second-order valence-corrected chi connectivity index (χ2v) is 5.63. The predicted octanol–water partition coefficient (Wildman–Crippen LogP) is 1.71. The van der Waals surface area contributed by atoms with E-state index in [2.05, 4.69) is 4.90 Å². The summed E-state index contributed by atoms with van der Waals surface area (Å²) in [6.45, 7) is 3.45. The summed E-state index contributed by atoms with van der Waals surface area (Å²) in [5.41, 5.74) is -1.21. The van der Waals surface area contributed by atoms with Crippen molar-refractivity contribution >= 4 is 5.97 Å². The maximum Gasteiger partial charge on any atom is 0.338 e. The molecule has 4 heteroatoms. The fraction of sp³-hybridized carbons (Fsp3) is 0.929. The number of rotatable bonds is 4. The first-order valence-corrected chi connectivity index (χ1v) is 7.33. The Morgan fingerprint density at radius 1 is 1.06 bits per heavy atom. The lowest BCUT2D eigenvalue weighted by molar-refractivity contribution is -0.167. The van der Waals surface area contributed by atoms with Crippen LogP contribution >= 0.6 is 0 Å². The van der Waals surface area contributed by atoms with Gasteiger partial charge in [-0.25, -0.2) is 4.79 Å². The molecule has 0 aromatic heterocycles. The first-order chi connectivity index (χ1) is 8.71. The Balaban J connectivity index is 1.71. The van der Waals surface area contributed by atoms with Crippen LogP contribution in [0.3, 0.4) is 0 Å². The van der Waals surface area contributed by atoms with Gasteiger partial charge in [0.1, 0.15) is 6.61 Å². The summed E-state index contributed by atoms with van der Waals surface area (Å²) >= 11 is 0. The van der Waals surface area contributed by atoms with Crippen LogP contribution in [0.2, 0.25) is 0 Å². The average Bonchev–Trinajstić information content (AvgIpc) is 2.77. The van der Waals surface area contributed by atoms with Crippen molar-refractivity contribution in [3.8, 4) is 0 Å². The molecular formula is C14H25NO3. The number of aliphatic hydroxyl groups is 1. The molecular weight excluding hydrogens is 230 g/mol. The molecule has 104 valence electrons. The molecule has 2 fully saturated rings. The fourth-order valence-electron chi connectivity index (χ4n) is 2.93. The first-order valence-electron chi connectivity index (χ1n) is 7.33. The van der Waals surface area contributed by atoms with Crippen LogP contribution in [0.1, 0.15) is 51.4 Å². The van der Waals surface area contributed by atoms with Crippen LogP contribution in [-0.4, -0.2) is 47.8 Å². The molecule has 1 heterocycles. The van der Waals surface area contributed by atoms with Crippen LogP contribution in [0.4, 0.5) is 0 Å². The summed E-state index contributed by atoms with van der Waals surface area (Å²) in [4.78, 5) is 14.3. The van der Waals surface area contributed by atoms with Crippen molar-refractivity contribution in [1.82, 2.24) is 4.90 Å². The Morgan fingerprint density at radius 2 is 1.67 bits per heavy atom. The highest BCUT2D eigenvalue weighted by molar-refractivity contribution is 5.79. The van der Waals surface area contributed by atoms with E-state index < -0.39 is 11.6 Å². The highest BCUT2D eigenvalue weighted by Gasteiger charge is 2.37. The summed E-state index contributed by atoms with van der Waals surface area (Å²) in [7, 11) is 0. The zero-order chi connectivity index (χ0) is 12.8. The molecule has 0 bridgehead atoms. The van der Waals surface area contributed by atoms with Gasteiger partial charge in [-0.2, -0.15) is 0 Å². The number of hydrogen-bond donors (Lipinski definition) is 1. The van der Waals surface area contributed by atoms with Crippen molar-refractivity contribution in [1.29, 1.82) is 0 Å². The van der Waals surface area contributed by atoms with Gasteiger partial charge in [-0.3, -0.25) is 4.90 Å². The third kappa shape index (κ3) is 3.69. The standard InChI is InChI=1S/C14H25NO3/c16-13(14(17)7-3-1-2-4-8-14)18-12-11-15-9-5-6-10-15/h17H,1-12H2. The second-order valence-electron chi connectivity index (χ2n) is 5.63. The quantitative estimate of drug-likeness (QED) is 0.614. The molecule has 2 aliphatic rings. The minimum absolute atomic E-state index is 0.399. The summed E-state index contributed by atoms with van der Waals surface area (Å²) in [5.74, 6) is -0.399. The number of likely N-dealkylation sites (tertiary alicyclic amines) is 1. The summed E-state index contributed by atoms with van der Waals surface area (Å²) in [5, 5.41) is 10.3. The van der Waals surface area contributed by atoms with Crippen LogP contribution in [0.5, 0.6) is 0 Å². The van der Waals surface area contributed by atoms with E-state index in [1.165, 1.54) is 12.8 Å². The molecule has 0 aromatic rings. The normalized spacial score (nSPS) is 24.7. The van der Waals surface area contributed by atoms with Gasteiger partial charge in [-0.1, -0.05) is 12.8 Å². The monoisotopic (exact) mass is 255 g/mol. The third-order valence-corrected chi connectivity index (χ3v) is 4.15. The lowest BCUT2D eigenvalue weighted by Crippen LogP contribution is -2.40. The van der Waals surface area contributed by atoms with Gasteiger partial charge < -0.3 is 9.84 Å². The number of nitrogens with zero attached hydrogens (tertiary/aromatic N) is 1. The van der Waals surface area contributed by atoms with Crippen molar-refractivity contribution in [3.63, 3.8) is 0 Å². The van der Waals surface area contributed by atoms with E-state index >= 15 is 0 Å². The Morgan fingerprint density at radius 3 is 2.28 bits per heavy atom. The number of hydrogen-bond acceptors (Lipinski definition) is 4. The van der Waals surface area contributed by atoms with Gasteiger partial charge in [0, 0.05) is 6.54 Å². The van der Waals surface area contributed by atoms with Gasteiger partial charge in [0.2, 0.25) is 0 Å². The van der Waals surface area contributed by atoms with Gasteiger partial charge in [-0.15, -0.1) is 0 Å². The Hall–Kier alpha value is -0.610. The maximum atomic E-state index is 12.0. The maximum absolute atomic E-state index is 12.0. The van der Waals surface area contributed by atoms with Crippen LogP contribution in [-0.2, 0) is 9.53 Å². The van der Waals surface area contributed by atoms with Crippen molar-refractivity contribution in [2.75, 3.05) is 26.2 Å². The smallest absolute Gasteiger partial charge is 0.338 e. The summed E-state index contributed by atoms with van der Waals surface area (Å²) in [6.07, 6.45) is 7.71.